The molecule has 0 saturated carbocycles. The van der Waals surface area contributed by atoms with E-state index < -0.39 is 0 Å². The minimum absolute atomic E-state index is 0.610. The molecule has 3 rings (SSSR count). The highest BCUT2D eigenvalue weighted by molar-refractivity contribution is 7.99. The Balaban J connectivity index is 1.56. The number of ether oxygens (including phenoxy) is 1. The minimum Gasteiger partial charge on any atom is -0.497 e. The lowest BCUT2D eigenvalue weighted by Gasteiger charge is -2.28. The summed E-state index contributed by atoms with van der Waals surface area (Å²) in [7, 11) is 1.68. The lowest BCUT2D eigenvalue weighted by atomic mass is 10.2. The van der Waals surface area contributed by atoms with Crippen LogP contribution in [-0.2, 0) is 13.1 Å². The van der Waals surface area contributed by atoms with E-state index in [2.05, 4.69) is 52.8 Å². The predicted molar refractivity (Wildman–Crippen MR) is 121 cm³/mol. The third-order valence-electron chi connectivity index (χ3n) is 4.67. The van der Waals surface area contributed by atoms with E-state index in [4.69, 9.17) is 9.73 Å². The molecule has 0 unspecified atom stereocenters. The molecule has 0 radical (unpaired) electrons. The molecule has 0 aromatic heterocycles. The molecule has 0 amide bonds. The second kappa shape index (κ2) is 10.9. The first-order chi connectivity index (χ1) is 13.8. The maximum atomic E-state index is 5.28. The largest absolute Gasteiger partial charge is 0.497 e. The Morgan fingerprint density at radius 1 is 1.07 bits per heavy atom. The summed E-state index contributed by atoms with van der Waals surface area (Å²) in [4.78, 5) is 7.16. The van der Waals surface area contributed by atoms with Gasteiger partial charge in [0.1, 0.15) is 5.75 Å². The maximum absolute atomic E-state index is 5.28. The van der Waals surface area contributed by atoms with Crippen LogP contribution in [0.15, 0.2) is 53.5 Å². The van der Waals surface area contributed by atoms with Crippen molar-refractivity contribution in [3.63, 3.8) is 0 Å². The van der Waals surface area contributed by atoms with Gasteiger partial charge in [-0.3, -0.25) is 0 Å². The number of aliphatic imine (C=N–C) groups is 1. The predicted octanol–water partition coefficient (Wildman–Crippen LogP) is 3.50. The first-order valence-corrected chi connectivity index (χ1v) is 11.0. The number of nitrogens with one attached hydrogen (secondary N) is 2. The van der Waals surface area contributed by atoms with E-state index in [1.54, 1.807) is 7.11 Å². The van der Waals surface area contributed by atoms with E-state index >= 15 is 0 Å². The first kappa shape index (κ1) is 20.4. The van der Waals surface area contributed by atoms with Crippen molar-refractivity contribution in [2.75, 3.05) is 43.1 Å². The number of rotatable bonds is 7. The molecule has 6 heteroatoms. The molecule has 0 spiro atoms. The van der Waals surface area contributed by atoms with Crippen molar-refractivity contribution >= 4 is 23.4 Å². The van der Waals surface area contributed by atoms with Crippen LogP contribution >= 0.6 is 11.8 Å². The lowest BCUT2D eigenvalue weighted by Crippen LogP contribution is -2.36. The zero-order chi connectivity index (χ0) is 19.6. The van der Waals surface area contributed by atoms with E-state index in [-0.39, 0.29) is 0 Å². The molecule has 5 nitrogen and oxygen atoms in total. The van der Waals surface area contributed by atoms with Crippen molar-refractivity contribution in [3.8, 4) is 5.75 Å². The first-order valence-electron chi connectivity index (χ1n) is 9.85. The van der Waals surface area contributed by atoms with Gasteiger partial charge in [0.2, 0.25) is 0 Å². The summed E-state index contributed by atoms with van der Waals surface area (Å²) >= 11 is 2.04. The summed E-state index contributed by atoms with van der Waals surface area (Å²) in [6.45, 7) is 6.55. The standard InChI is InChI=1S/C22H30N4OS/c1-3-23-22(25-17-19-5-4-6-21(15-19)27-2)24-16-18-7-9-20(10-8-18)26-11-13-28-14-12-26/h4-10,15H,3,11-14,16-17H2,1-2H3,(H2,23,24,25). The van der Waals surface area contributed by atoms with Crippen molar-refractivity contribution in [1.82, 2.24) is 10.6 Å². The normalized spacial score (nSPS) is 14.6. The SMILES string of the molecule is CCNC(=NCc1cccc(OC)c1)NCc1ccc(N2CCSCC2)cc1. The van der Waals surface area contributed by atoms with Crippen LogP contribution in [0.5, 0.6) is 5.75 Å². The van der Waals surface area contributed by atoms with Crippen LogP contribution in [0.3, 0.4) is 0 Å². The molecule has 150 valence electrons. The summed E-state index contributed by atoms with van der Waals surface area (Å²) in [5.74, 6) is 4.12. The van der Waals surface area contributed by atoms with Gasteiger partial charge in [-0.25, -0.2) is 4.99 Å². The number of benzene rings is 2. The quantitative estimate of drug-likeness (QED) is 0.552. The van der Waals surface area contributed by atoms with E-state index in [0.29, 0.717) is 6.54 Å². The number of anilines is 1. The summed E-state index contributed by atoms with van der Waals surface area (Å²) in [5, 5.41) is 6.74. The lowest BCUT2D eigenvalue weighted by molar-refractivity contribution is 0.414. The number of nitrogens with zero attached hydrogens (tertiary/aromatic N) is 2. The average Bonchev–Trinajstić information content (AvgIpc) is 2.77. The Bertz CT molecular complexity index is 757. The van der Waals surface area contributed by atoms with Crippen LogP contribution in [0.2, 0.25) is 0 Å². The fourth-order valence-electron chi connectivity index (χ4n) is 3.11. The fourth-order valence-corrected chi connectivity index (χ4v) is 4.02. The van der Waals surface area contributed by atoms with Crippen LogP contribution in [0, 0.1) is 0 Å². The van der Waals surface area contributed by atoms with Crippen LogP contribution in [0.25, 0.3) is 0 Å². The molecule has 1 aliphatic rings. The molecule has 2 N–H and O–H groups in total. The smallest absolute Gasteiger partial charge is 0.191 e. The van der Waals surface area contributed by atoms with E-state index in [1.807, 2.05) is 30.0 Å². The van der Waals surface area contributed by atoms with Gasteiger partial charge in [-0.05, 0) is 42.3 Å². The fraction of sp³-hybridized carbons (Fsp3) is 0.409. The van der Waals surface area contributed by atoms with E-state index in [9.17, 15) is 0 Å². The third kappa shape index (κ3) is 6.09. The molecule has 0 bridgehead atoms. The number of hydrogen-bond donors (Lipinski definition) is 2. The molecule has 0 atom stereocenters. The molecule has 1 aliphatic heterocycles. The van der Waals surface area contributed by atoms with Gasteiger partial charge >= 0.3 is 0 Å². The van der Waals surface area contributed by atoms with Crippen molar-refractivity contribution in [1.29, 1.82) is 0 Å². The van der Waals surface area contributed by atoms with Crippen molar-refractivity contribution in [2.24, 2.45) is 4.99 Å². The molecule has 1 heterocycles. The number of methoxy groups -OCH3 is 1. The van der Waals surface area contributed by atoms with Gasteiger partial charge in [0.15, 0.2) is 5.96 Å². The Morgan fingerprint density at radius 3 is 2.57 bits per heavy atom. The molecule has 0 aliphatic carbocycles. The maximum Gasteiger partial charge on any atom is 0.191 e. The second-order valence-corrected chi connectivity index (χ2v) is 7.89. The van der Waals surface area contributed by atoms with Crippen LogP contribution in [0.1, 0.15) is 18.1 Å². The van der Waals surface area contributed by atoms with Gasteiger partial charge in [0.05, 0.1) is 13.7 Å². The van der Waals surface area contributed by atoms with Gasteiger partial charge < -0.3 is 20.3 Å². The number of hydrogen-bond acceptors (Lipinski definition) is 4. The van der Waals surface area contributed by atoms with Crippen molar-refractivity contribution in [2.45, 2.75) is 20.0 Å². The molecular weight excluding hydrogens is 368 g/mol. The van der Waals surface area contributed by atoms with E-state index in [0.717, 1.165) is 43.5 Å². The van der Waals surface area contributed by atoms with Gasteiger partial charge in [-0.15, -0.1) is 0 Å². The Labute approximate surface area is 172 Å². The minimum atomic E-state index is 0.610. The van der Waals surface area contributed by atoms with Crippen molar-refractivity contribution < 1.29 is 4.74 Å². The van der Waals surface area contributed by atoms with Crippen molar-refractivity contribution in [3.05, 3.63) is 59.7 Å². The summed E-state index contributed by atoms with van der Waals surface area (Å²) < 4.78 is 5.28. The highest BCUT2D eigenvalue weighted by atomic mass is 32.2. The van der Waals surface area contributed by atoms with Gasteiger partial charge in [-0.1, -0.05) is 24.3 Å². The van der Waals surface area contributed by atoms with E-state index in [1.165, 1.54) is 22.8 Å². The van der Waals surface area contributed by atoms with Gasteiger partial charge in [-0.2, -0.15) is 11.8 Å². The second-order valence-electron chi connectivity index (χ2n) is 6.67. The molecule has 1 fully saturated rings. The summed E-state index contributed by atoms with van der Waals surface area (Å²) in [6, 6.07) is 16.9. The highest BCUT2D eigenvalue weighted by Gasteiger charge is 2.10. The van der Waals surface area contributed by atoms with Crippen LogP contribution < -0.4 is 20.3 Å². The monoisotopic (exact) mass is 398 g/mol. The Kier molecular flexibility index (Phi) is 7.91. The highest BCUT2D eigenvalue weighted by Crippen LogP contribution is 2.20. The average molecular weight is 399 g/mol. The topological polar surface area (TPSA) is 48.9 Å². The van der Waals surface area contributed by atoms with Gasteiger partial charge in [0.25, 0.3) is 0 Å². The third-order valence-corrected chi connectivity index (χ3v) is 5.61. The van der Waals surface area contributed by atoms with Crippen LogP contribution in [-0.4, -0.2) is 44.2 Å². The summed E-state index contributed by atoms with van der Waals surface area (Å²) in [6.07, 6.45) is 0. The van der Waals surface area contributed by atoms with Crippen LogP contribution in [0.4, 0.5) is 5.69 Å². The molecular formula is C22H30N4OS. The van der Waals surface area contributed by atoms with Gasteiger partial charge in [0, 0.05) is 43.4 Å². The molecule has 28 heavy (non-hydrogen) atoms. The molecule has 2 aromatic carbocycles. The Morgan fingerprint density at radius 2 is 1.86 bits per heavy atom. The Hall–Kier alpha value is -2.34. The molecule has 1 saturated heterocycles. The zero-order valence-electron chi connectivity index (χ0n) is 16.8. The number of guanidine groups is 1. The number of thioether (sulfide) groups is 1. The molecule has 2 aromatic rings. The summed E-state index contributed by atoms with van der Waals surface area (Å²) in [5.41, 5.74) is 3.70. The zero-order valence-corrected chi connectivity index (χ0v) is 17.6.